The topological polar surface area (TPSA) is 75.3 Å². The lowest BCUT2D eigenvalue weighted by Gasteiger charge is -2.22. The minimum Gasteiger partial charge on any atom is -0.497 e. The van der Waals surface area contributed by atoms with Crippen molar-refractivity contribution in [3.8, 4) is 5.75 Å². The molecule has 0 aliphatic heterocycles. The third kappa shape index (κ3) is 5.11. The Bertz CT molecular complexity index is 680. The molecule has 1 aromatic heterocycles. The van der Waals surface area contributed by atoms with Gasteiger partial charge in [0, 0.05) is 11.7 Å². The second kappa shape index (κ2) is 8.37. The molecule has 1 heterocycles. The van der Waals surface area contributed by atoms with E-state index in [0.29, 0.717) is 11.5 Å². The second-order valence-corrected chi connectivity index (χ2v) is 6.22. The number of methoxy groups -OCH3 is 1. The van der Waals surface area contributed by atoms with Gasteiger partial charge in [-0.05, 0) is 49.2 Å². The van der Waals surface area contributed by atoms with E-state index in [1.807, 2.05) is 36.4 Å². The molecule has 0 bridgehead atoms. The van der Waals surface area contributed by atoms with Crippen LogP contribution in [0.4, 0.5) is 22.0 Å². The summed E-state index contributed by atoms with van der Waals surface area (Å²) in [5.74, 6) is 1.52. The number of carbonyl (C=O) groups is 1. The molecular weight excluding hydrogens is 316 g/mol. The number of rotatable bonds is 5. The van der Waals surface area contributed by atoms with E-state index in [2.05, 4.69) is 20.9 Å². The van der Waals surface area contributed by atoms with Gasteiger partial charge in [0.05, 0.1) is 19.0 Å². The minimum atomic E-state index is -0.162. The van der Waals surface area contributed by atoms with E-state index in [4.69, 9.17) is 4.74 Å². The highest BCUT2D eigenvalue weighted by atomic mass is 16.5. The molecule has 6 nitrogen and oxygen atoms in total. The van der Waals surface area contributed by atoms with Gasteiger partial charge in [0.25, 0.3) is 0 Å². The van der Waals surface area contributed by atoms with E-state index >= 15 is 0 Å². The van der Waals surface area contributed by atoms with Crippen LogP contribution in [0.2, 0.25) is 0 Å². The van der Waals surface area contributed by atoms with Crippen molar-refractivity contribution in [2.24, 2.45) is 0 Å². The van der Waals surface area contributed by atoms with Crippen molar-refractivity contribution in [1.29, 1.82) is 0 Å². The lowest BCUT2D eigenvalue weighted by molar-refractivity contribution is 0.244. The summed E-state index contributed by atoms with van der Waals surface area (Å²) in [5.41, 5.74) is 1.60. The van der Waals surface area contributed by atoms with Crippen molar-refractivity contribution in [1.82, 2.24) is 10.3 Å². The van der Waals surface area contributed by atoms with Crippen molar-refractivity contribution in [3.63, 3.8) is 0 Å². The van der Waals surface area contributed by atoms with Crippen molar-refractivity contribution in [3.05, 3.63) is 42.6 Å². The van der Waals surface area contributed by atoms with Crippen LogP contribution in [0.15, 0.2) is 42.6 Å². The van der Waals surface area contributed by atoms with Gasteiger partial charge in [-0.3, -0.25) is 0 Å². The van der Waals surface area contributed by atoms with E-state index in [1.54, 1.807) is 13.3 Å². The van der Waals surface area contributed by atoms with Crippen LogP contribution in [0, 0.1) is 0 Å². The van der Waals surface area contributed by atoms with Gasteiger partial charge < -0.3 is 20.7 Å². The average molecular weight is 340 g/mol. The third-order valence-corrected chi connectivity index (χ3v) is 4.32. The summed E-state index contributed by atoms with van der Waals surface area (Å²) in [6, 6.07) is 11.4. The van der Waals surface area contributed by atoms with Gasteiger partial charge in [0.15, 0.2) is 0 Å². The summed E-state index contributed by atoms with van der Waals surface area (Å²) in [5, 5.41) is 9.07. The van der Waals surface area contributed by atoms with Crippen LogP contribution in [0.3, 0.4) is 0 Å². The molecule has 2 aromatic rings. The summed E-state index contributed by atoms with van der Waals surface area (Å²) >= 11 is 0. The lowest BCUT2D eigenvalue weighted by atomic mass is 9.96. The molecule has 1 aliphatic carbocycles. The maximum absolute atomic E-state index is 12.0. The maximum atomic E-state index is 12.0. The molecule has 1 aliphatic rings. The molecule has 25 heavy (non-hydrogen) atoms. The maximum Gasteiger partial charge on any atom is 0.319 e. The Labute approximate surface area is 148 Å². The summed E-state index contributed by atoms with van der Waals surface area (Å²) in [4.78, 5) is 16.4. The fraction of sp³-hybridized carbons (Fsp3) is 0.368. The number of nitrogens with zero attached hydrogens (tertiary/aromatic N) is 1. The van der Waals surface area contributed by atoms with Crippen LogP contribution < -0.4 is 20.7 Å². The molecule has 0 radical (unpaired) electrons. The Morgan fingerprint density at radius 2 is 1.76 bits per heavy atom. The van der Waals surface area contributed by atoms with Crippen molar-refractivity contribution in [2.75, 3.05) is 17.7 Å². The monoisotopic (exact) mass is 340 g/mol. The second-order valence-electron chi connectivity index (χ2n) is 6.22. The van der Waals surface area contributed by atoms with Crippen molar-refractivity contribution < 1.29 is 9.53 Å². The van der Waals surface area contributed by atoms with Gasteiger partial charge in [0.2, 0.25) is 0 Å². The largest absolute Gasteiger partial charge is 0.497 e. The smallest absolute Gasteiger partial charge is 0.319 e. The van der Waals surface area contributed by atoms with Crippen LogP contribution in [0.25, 0.3) is 0 Å². The minimum absolute atomic E-state index is 0.162. The zero-order valence-corrected chi connectivity index (χ0v) is 14.4. The van der Waals surface area contributed by atoms with Crippen LogP contribution >= 0.6 is 0 Å². The zero-order valence-electron chi connectivity index (χ0n) is 14.4. The molecule has 1 aromatic carbocycles. The Morgan fingerprint density at radius 3 is 2.40 bits per heavy atom. The van der Waals surface area contributed by atoms with Crippen molar-refractivity contribution in [2.45, 2.75) is 38.1 Å². The Balaban J connectivity index is 1.51. The molecule has 132 valence electrons. The summed E-state index contributed by atoms with van der Waals surface area (Å²) in [6.07, 6.45) is 7.43. The van der Waals surface area contributed by atoms with E-state index < -0.39 is 0 Å². The Kier molecular flexibility index (Phi) is 5.72. The molecule has 0 spiro atoms. The number of nitrogens with one attached hydrogen (secondary N) is 3. The predicted octanol–water partition coefficient (Wildman–Crippen LogP) is 4.29. The van der Waals surface area contributed by atoms with Crippen LogP contribution in [-0.2, 0) is 0 Å². The average Bonchev–Trinajstić information content (AvgIpc) is 2.65. The normalized spacial score (nSPS) is 14.6. The Morgan fingerprint density at radius 1 is 1.04 bits per heavy atom. The molecule has 2 amide bonds. The summed E-state index contributed by atoms with van der Waals surface area (Å²) < 4.78 is 5.14. The van der Waals surface area contributed by atoms with Gasteiger partial charge in [0.1, 0.15) is 11.6 Å². The van der Waals surface area contributed by atoms with Gasteiger partial charge in [-0.15, -0.1) is 0 Å². The molecular formula is C19H24N4O2. The van der Waals surface area contributed by atoms with Crippen LogP contribution in [0.1, 0.15) is 32.1 Å². The molecule has 6 heteroatoms. The van der Waals surface area contributed by atoms with Gasteiger partial charge in [-0.1, -0.05) is 19.3 Å². The number of carbonyl (C=O) groups excluding carboxylic acids is 1. The van der Waals surface area contributed by atoms with Crippen LogP contribution in [0.5, 0.6) is 5.75 Å². The fourth-order valence-electron chi connectivity index (χ4n) is 2.96. The molecule has 1 saturated carbocycles. The van der Waals surface area contributed by atoms with Gasteiger partial charge in [-0.25, -0.2) is 9.78 Å². The number of benzene rings is 1. The SMILES string of the molecule is COc1ccc(Nc2ccc(NC(=O)NC3CCCCC3)cn2)cc1. The predicted molar refractivity (Wildman–Crippen MR) is 99.5 cm³/mol. The number of amides is 2. The standard InChI is InChI=1S/C19H24N4O2/c1-25-17-10-7-15(8-11-17)21-18-12-9-16(13-20-18)23-19(24)22-14-5-3-2-4-6-14/h7-14H,2-6H2,1H3,(H,20,21)(H2,22,23,24). The number of urea groups is 1. The first-order valence-electron chi connectivity index (χ1n) is 8.67. The number of hydrogen-bond acceptors (Lipinski definition) is 4. The van der Waals surface area contributed by atoms with E-state index in [-0.39, 0.29) is 12.1 Å². The Hall–Kier alpha value is -2.76. The summed E-state index contributed by atoms with van der Waals surface area (Å²) in [7, 11) is 1.64. The van der Waals surface area contributed by atoms with E-state index in [0.717, 1.165) is 24.3 Å². The quantitative estimate of drug-likeness (QED) is 0.759. The molecule has 0 atom stereocenters. The molecule has 1 fully saturated rings. The lowest BCUT2D eigenvalue weighted by Crippen LogP contribution is -2.39. The first-order valence-corrected chi connectivity index (χ1v) is 8.67. The highest BCUT2D eigenvalue weighted by molar-refractivity contribution is 5.89. The zero-order chi connectivity index (χ0) is 17.5. The van der Waals surface area contributed by atoms with Gasteiger partial charge >= 0.3 is 6.03 Å². The van der Waals surface area contributed by atoms with E-state index in [9.17, 15) is 4.79 Å². The van der Waals surface area contributed by atoms with Crippen molar-refractivity contribution >= 4 is 23.2 Å². The molecule has 0 unspecified atom stereocenters. The number of hydrogen-bond donors (Lipinski definition) is 3. The molecule has 0 saturated heterocycles. The van der Waals surface area contributed by atoms with E-state index in [1.165, 1.54) is 19.3 Å². The first kappa shape index (κ1) is 17.1. The summed E-state index contributed by atoms with van der Waals surface area (Å²) in [6.45, 7) is 0. The highest BCUT2D eigenvalue weighted by Crippen LogP contribution is 2.20. The highest BCUT2D eigenvalue weighted by Gasteiger charge is 2.15. The molecule has 3 rings (SSSR count). The molecule has 3 N–H and O–H groups in total. The first-order chi connectivity index (χ1) is 12.2. The van der Waals surface area contributed by atoms with Gasteiger partial charge in [-0.2, -0.15) is 0 Å². The number of aromatic nitrogens is 1. The fourth-order valence-corrected chi connectivity index (χ4v) is 2.96. The third-order valence-electron chi connectivity index (χ3n) is 4.32. The number of pyridine rings is 1. The van der Waals surface area contributed by atoms with Crippen LogP contribution in [-0.4, -0.2) is 24.2 Å². The number of anilines is 3. The number of ether oxygens (including phenoxy) is 1.